The molecule has 0 nitrogen and oxygen atoms in total. The van der Waals surface area contributed by atoms with E-state index in [0.29, 0.717) is 5.04 Å². The van der Waals surface area contributed by atoms with Crippen LogP contribution < -0.4 is 0 Å². The molecule has 0 fully saturated rings. The van der Waals surface area contributed by atoms with E-state index in [4.69, 9.17) is 0 Å². The zero-order chi connectivity index (χ0) is 14.4. The first-order chi connectivity index (χ1) is 8.65. The van der Waals surface area contributed by atoms with E-state index in [0.717, 1.165) is 5.92 Å². The van der Waals surface area contributed by atoms with Gasteiger partial charge in [-0.05, 0) is 0 Å². The van der Waals surface area contributed by atoms with E-state index in [2.05, 4.69) is 61.2 Å². The second-order valence-corrected chi connectivity index (χ2v) is 14.6. The molecule has 0 amide bonds. The maximum absolute atomic E-state index is 2.59. The molecule has 0 aliphatic heterocycles. The monoisotopic (exact) mass is 309 g/mol. The number of hydrogen-bond donors (Lipinski definition) is 0. The molecule has 0 aromatic carbocycles. The Morgan fingerprint density at radius 1 is 1.16 bits per heavy atom. The van der Waals surface area contributed by atoms with Gasteiger partial charge in [0.05, 0.1) is 0 Å². The Kier molecular flexibility index (Phi) is 4.42. The molecule has 1 atom stereocenters. The van der Waals surface area contributed by atoms with Crippen LogP contribution in [-0.4, -0.2) is 8.07 Å². The van der Waals surface area contributed by atoms with Gasteiger partial charge in [0.2, 0.25) is 0 Å². The minimum atomic E-state index is -1.19. The fourth-order valence-corrected chi connectivity index (χ4v) is 6.27. The Morgan fingerprint density at radius 3 is 2.32 bits per heavy atom. The second-order valence-electron chi connectivity index (χ2n) is 8.16. The maximum atomic E-state index is 2.59. The average molecular weight is 309 g/mol. The van der Waals surface area contributed by atoms with Gasteiger partial charge < -0.3 is 0 Å². The minimum absolute atomic E-state index is 0.513. The van der Waals surface area contributed by atoms with Crippen LogP contribution in [0.5, 0.6) is 0 Å². The van der Waals surface area contributed by atoms with E-state index in [-0.39, 0.29) is 0 Å². The normalized spacial score (nSPS) is 25.0. The van der Waals surface area contributed by atoms with Crippen LogP contribution in [0.3, 0.4) is 0 Å². The van der Waals surface area contributed by atoms with Gasteiger partial charge in [-0.25, -0.2) is 0 Å². The summed E-state index contributed by atoms with van der Waals surface area (Å²) in [6.07, 6.45) is 5.57. The predicted molar refractivity (Wildman–Crippen MR) is 83.7 cm³/mol. The molecule has 0 spiro atoms. The summed E-state index contributed by atoms with van der Waals surface area (Å²) in [7, 11) is -1.19. The molecule has 0 aromatic heterocycles. The average Bonchev–Trinajstić information content (AvgIpc) is 2.54. The van der Waals surface area contributed by atoms with Gasteiger partial charge in [-0.3, -0.25) is 0 Å². The van der Waals surface area contributed by atoms with Crippen LogP contribution in [0.4, 0.5) is 0 Å². The molecule has 0 radical (unpaired) electrons. The first-order valence-corrected chi connectivity index (χ1v) is 11.8. The molecular weight excluding hydrogens is 280 g/mol. The summed E-state index contributed by atoms with van der Waals surface area (Å²) in [6, 6.07) is 1.46. The zero-order valence-electron chi connectivity index (χ0n) is 13.6. The van der Waals surface area contributed by atoms with E-state index in [1.54, 1.807) is 15.0 Å². The van der Waals surface area contributed by atoms with Crippen LogP contribution in [0.15, 0.2) is 20.6 Å². The van der Waals surface area contributed by atoms with Crippen LogP contribution in [0.25, 0.3) is 0 Å². The Labute approximate surface area is 132 Å². The van der Waals surface area contributed by atoms with Gasteiger partial charge in [0.15, 0.2) is 0 Å². The molecule has 0 heterocycles. The Morgan fingerprint density at radius 2 is 1.74 bits per heavy atom. The van der Waals surface area contributed by atoms with Crippen LogP contribution in [0.2, 0.25) is 24.2 Å². The van der Waals surface area contributed by atoms with Crippen molar-refractivity contribution in [3.63, 3.8) is 0 Å². The molecule has 2 aliphatic rings. The third-order valence-electron chi connectivity index (χ3n) is 5.89. The van der Waals surface area contributed by atoms with Gasteiger partial charge in [-0.1, -0.05) is 0 Å². The van der Waals surface area contributed by atoms with Gasteiger partial charge in [0.25, 0.3) is 0 Å². The van der Waals surface area contributed by atoms with Crippen molar-refractivity contribution < 1.29 is 20.4 Å². The van der Waals surface area contributed by atoms with Crippen LogP contribution in [-0.2, 0) is 20.4 Å². The quantitative estimate of drug-likeness (QED) is 0.564. The first-order valence-electron chi connectivity index (χ1n) is 7.80. The molecular formula is C17H29SiTi. The molecule has 2 rings (SSSR count). The fourth-order valence-electron chi connectivity index (χ4n) is 3.37. The van der Waals surface area contributed by atoms with Crippen molar-refractivity contribution in [3.05, 3.63) is 20.6 Å². The van der Waals surface area contributed by atoms with Crippen molar-refractivity contribution in [1.82, 2.24) is 0 Å². The number of rotatable bonds is 2. The summed E-state index contributed by atoms with van der Waals surface area (Å²) in [5.74, 6) is 0.802. The van der Waals surface area contributed by atoms with Gasteiger partial charge in [0.1, 0.15) is 0 Å². The first kappa shape index (κ1) is 15.8. The van der Waals surface area contributed by atoms with Crippen molar-refractivity contribution in [2.75, 3.05) is 0 Å². The van der Waals surface area contributed by atoms with E-state index < -0.39 is 8.07 Å². The van der Waals surface area contributed by atoms with Crippen LogP contribution in [0, 0.1) is 5.92 Å². The van der Waals surface area contributed by atoms with Gasteiger partial charge in [-0.15, -0.1) is 0 Å². The molecule has 1 unspecified atom stereocenters. The van der Waals surface area contributed by atoms with Crippen LogP contribution >= 0.6 is 0 Å². The summed E-state index contributed by atoms with van der Waals surface area (Å²) in [5, 5.41) is 0.513. The molecule has 0 saturated heterocycles. The fraction of sp³-hybridized carbons (Fsp3) is 0.765. The number of hydrogen-bond acceptors (Lipinski definition) is 0. The Balaban J connectivity index is 2.28. The van der Waals surface area contributed by atoms with Gasteiger partial charge >= 0.3 is 133 Å². The second kappa shape index (κ2) is 5.31. The van der Waals surface area contributed by atoms with Crippen molar-refractivity contribution in [2.24, 2.45) is 5.92 Å². The standard InChI is InChI=1S/C17H29Si.Ti/c1-13-11-14-9-7-8-10-15(14)16(13)12-18(5,6)17(2,3)4;/h16H,7-10,12H2,1-6H3;. The third-order valence-corrected chi connectivity index (χ3v) is 12.5. The third kappa shape index (κ3) is 2.89. The van der Waals surface area contributed by atoms with E-state index in [1.807, 2.05) is 5.57 Å². The molecule has 2 heteroatoms. The molecule has 0 bridgehead atoms. The molecule has 19 heavy (non-hydrogen) atoms. The van der Waals surface area contributed by atoms with E-state index in [9.17, 15) is 0 Å². The van der Waals surface area contributed by atoms with Crippen molar-refractivity contribution in [1.29, 1.82) is 0 Å². The van der Waals surface area contributed by atoms with Crippen molar-refractivity contribution >= 4 is 8.07 Å². The Bertz CT molecular complexity index is 435. The molecule has 2 aliphatic carbocycles. The Hall–Kier alpha value is 0.411. The predicted octanol–water partition coefficient (Wildman–Crippen LogP) is 5.82. The number of allylic oxidation sites excluding steroid dienone is 4. The molecule has 0 aromatic rings. The van der Waals surface area contributed by atoms with Crippen molar-refractivity contribution in [2.45, 2.75) is 77.6 Å². The van der Waals surface area contributed by atoms with Gasteiger partial charge in [-0.2, -0.15) is 0 Å². The molecule has 0 N–H and O–H groups in total. The van der Waals surface area contributed by atoms with Gasteiger partial charge in [0, 0.05) is 0 Å². The summed E-state index contributed by atoms with van der Waals surface area (Å²) < 4.78 is 1.65. The molecule has 0 saturated carbocycles. The summed E-state index contributed by atoms with van der Waals surface area (Å²) in [6.45, 7) is 15.0. The van der Waals surface area contributed by atoms with E-state index >= 15 is 0 Å². The molecule has 105 valence electrons. The summed E-state index contributed by atoms with van der Waals surface area (Å²) in [5.41, 5.74) is 5.30. The van der Waals surface area contributed by atoms with Crippen LogP contribution in [0.1, 0.15) is 53.4 Å². The van der Waals surface area contributed by atoms with E-state index in [1.165, 1.54) is 31.7 Å². The van der Waals surface area contributed by atoms with Crippen molar-refractivity contribution in [3.8, 4) is 0 Å². The SMILES string of the molecule is CC1=[C]([Ti])C2=C(CCCC2)C1C[Si](C)(C)C(C)(C)C. The zero-order valence-corrected chi connectivity index (χ0v) is 16.2. The summed E-state index contributed by atoms with van der Waals surface area (Å²) in [4.78, 5) is 0. The summed E-state index contributed by atoms with van der Waals surface area (Å²) >= 11 is 2.38. The topological polar surface area (TPSA) is 0 Å².